The molecule has 0 aromatic carbocycles. The van der Waals surface area contributed by atoms with E-state index in [1.165, 1.54) is 30.8 Å². The van der Waals surface area contributed by atoms with Gasteiger partial charge in [-0.2, -0.15) is 11.8 Å². The number of aliphatic hydroxyl groups is 1. The monoisotopic (exact) mass is 216 g/mol. The van der Waals surface area contributed by atoms with Gasteiger partial charge in [-0.1, -0.05) is 20.3 Å². The van der Waals surface area contributed by atoms with Gasteiger partial charge in [-0.15, -0.1) is 0 Å². The summed E-state index contributed by atoms with van der Waals surface area (Å²) in [6.07, 6.45) is 5.84. The van der Waals surface area contributed by atoms with Crippen LogP contribution in [-0.4, -0.2) is 22.7 Å². The first-order valence-corrected chi connectivity index (χ1v) is 7.13. The number of hydrogen-bond acceptors (Lipinski definition) is 2. The summed E-state index contributed by atoms with van der Waals surface area (Å²) >= 11 is 2.06. The Morgan fingerprint density at radius 2 is 2.00 bits per heavy atom. The summed E-state index contributed by atoms with van der Waals surface area (Å²) in [5.74, 6) is 4.10. The topological polar surface area (TPSA) is 20.2 Å². The van der Waals surface area contributed by atoms with E-state index in [2.05, 4.69) is 25.6 Å². The summed E-state index contributed by atoms with van der Waals surface area (Å²) in [5.41, 5.74) is 0. The Balaban J connectivity index is 2.14. The first-order chi connectivity index (χ1) is 6.72. The Morgan fingerprint density at radius 3 is 2.57 bits per heavy atom. The predicted octanol–water partition coefficient (Wildman–Crippen LogP) is 3.32. The molecule has 0 bridgehead atoms. The van der Waals surface area contributed by atoms with Crippen LogP contribution in [0.4, 0.5) is 0 Å². The van der Waals surface area contributed by atoms with E-state index in [1.54, 1.807) is 0 Å². The lowest BCUT2D eigenvalue weighted by molar-refractivity contribution is 0.113. The van der Waals surface area contributed by atoms with Crippen molar-refractivity contribution in [2.24, 2.45) is 11.8 Å². The molecule has 2 atom stereocenters. The maximum Gasteiger partial charge on any atom is 0.0545 e. The van der Waals surface area contributed by atoms with E-state index >= 15 is 0 Å². The largest absolute Gasteiger partial charge is 0.393 e. The number of hydrogen-bond donors (Lipinski definition) is 1. The normalized spacial score (nSPS) is 23.4. The van der Waals surface area contributed by atoms with Gasteiger partial charge < -0.3 is 5.11 Å². The highest BCUT2D eigenvalue weighted by Gasteiger charge is 2.18. The standard InChI is InChI=1S/C12H24OS/c1-3-10(2)8-12(13)9-11-4-6-14-7-5-11/h10-13H,3-9H2,1-2H3. The fraction of sp³-hybridized carbons (Fsp3) is 1.00. The van der Waals surface area contributed by atoms with Crippen molar-refractivity contribution in [3.8, 4) is 0 Å². The van der Waals surface area contributed by atoms with E-state index in [4.69, 9.17) is 0 Å². The number of aliphatic hydroxyl groups excluding tert-OH is 1. The summed E-state index contributed by atoms with van der Waals surface area (Å²) in [6, 6.07) is 0. The average Bonchev–Trinajstić information content (AvgIpc) is 2.19. The lowest BCUT2D eigenvalue weighted by Crippen LogP contribution is -2.19. The first kappa shape index (κ1) is 12.4. The fourth-order valence-electron chi connectivity index (χ4n) is 2.09. The molecular formula is C12H24OS. The average molecular weight is 216 g/mol. The maximum absolute atomic E-state index is 9.90. The molecule has 1 heterocycles. The van der Waals surface area contributed by atoms with Gasteiger partial charge in [0.2, 0.25) is 0 Å². The van der Waals surface area contributed by atoms with Crippen molar-refractivity contribution in [3.05, 3.63) is 0 Å². The highest BCUT2D eigenvalue weighted by Crippen LogP contribution is 2.27. The maximum atomic E-state index is 9.90. The van der Waals surface area contributed by atoms with Gasteiger partial charge in [-0.25, -0.2) is 0 Å². The summed E-state index contributed by atoms with van der Waals surface area (Å²) in [6.45, 7) is 4.44. The lowest BCUT2D eigenvalue weighted by Gasteiger charge is -2.24. The van der Waals surface area contributed by atoms with Crippen LogP contribution in [0.1, 0.15) is 46.0 Å². The van der Waals surface area contributed by atoms with Crippen molar-refractivity contribution in [2.45, 2.75) is 52.1 Å². The second-order valence-electron chi connectivity index (χ2n) is 4.69. The minimum Gasteiger partial charge on any atom is -0.393 e. The van der Waals surface area contributed by atoms with Crippen LogP contribution in [0.2, 0.25) is 0 Å². The Hall–Kier alpha value is 0.310. The van der Waals surface area contributed by atoms with Crippen LogP contribution in [0.3, 0.4) is 0 Å². The third-order valence-electron chi connectivity index (χ3n) is 3.32. The molecule has 0 aromatic heterocycles. The van der Waals surface area contributed by atoms with Gasteiger partial charge in [0.15, 0.2) is 0 Å². The molecule has 0 radical (unpaired) electrons. The molecule has 1 nitrogen and oxygen atoms in total. The zero-order valence-electron chi connectivity index (χ0n) is 9.54. The van der Waals surface area contributed by atoms with Crippen molar-refractivity contribution >= 4 is 11.8 Å². The highest BCUT2D eigenvalue weighted by atomic mass is 32.2. The fourth-order valence-corrected chi connectivity index (χ4v) is 3.30. The zero-order chi connectivity index (χ0) is 10.4. The van der Waals surface area contributed by atoms with Crippen molar-refractivity contribution in [2.75, 3.05) is 11.5 Å². The smallest absolute Gasteiger partial charge is 0.0545 e. The second kappa shape index (κ2) is 6.73. The second-order valence-corrected chi connectivity index (χ2v) is 5.92. The quantitative estimate of drug-likeness (QED) is 0.761. The number of rotatable bonds is 5. The molecule has 0 aliphatic carbocycles. The molecule has 0 saturated carbocycles. The zero-order valence-corrected chi connectivity index (χ0v) is 10.4. The van der Waals surface area contributed by atoms with Gasteiger partial charge in [0.25, 0.3) is 0 Å². The van der Waals surface area contributed by atoms with Crippen LogP contribution in [0.15, 0.2) is 0 Å². The molecule has 1 aliphatic heterocycles. The summed E-state index contributed by atoms with van der Waals surface area (Å²) < 4.78 is 0. The minimum atomic E-state index is -0.0435. The summed E-state index contributed by atoms with van der Waals surface area (Å²) in [7, 11) is 0. The molecule has 1 rings (SSSR count). The van der Waals surface area contributed by atoms with Gasteiger partial charge in [0, 0.05) is 0 Å². The van der Waals surface area contributed by atoms with E-state index in [0.29, 0.717) is 5.92 Å². The Kier molecular flexibility index (Phi) is 5.95. The van der Waals surface area contributed by atoms with Gasteiger partial charge in [-0.05, 0) is 49.0 Å². The molecule has 1 N–H and O–H groups in total. The molecule has 84 valence electrons. The molecule has 2 heteroatoms. The van der Waals surface area contributed by atoms with Crippen LogP contribution in [0.5, 0.6) is 0 Å². The molecule has 2 unspecified atom stereocenters. The molecule has 14 heavy (non-hydrogen) atoms. The van der Waals surface area contributed by atoms with E-state index in [1.807, 2.05) is 0 Å². The Labute approximate surface area is 92.7 Å². The van der Waals surface area contributed by atoms with Crippen LogP contribution < -0.4 is 0 Å². The van der Waals surface area contributed by atoms with Gasteiger partial charge in [-0.3, -0.25) is 0 Å². The van der Waals surface area contributed by atoms with Crippen molar-refractivity contribution in [1.29, 1.82) is 0 Å². The van der Waals surface area contributed by atoms with Crippen molar-refractivity contribution in [3.63, 3.8) is 0 Å². The number of thioether (sulfide) groups is 1. The summed E-state index contributed by atoms with van der Waals surface area (Å²) in [5, 5.41) is 9.90. The molecule has 0 amide bonds. The van der Waals surface area contributed by atoms with E-state index in [9.17, 15) is 5.11 Å². The van der Waals surface area contributed by atoms with Crippen molar-refractivity contribution in [1.82, 2.24) is 0 Å². The third-order valence-corrected chi connectivity index (χ3v) is 4.37. The third kappa shape index (κ3) is 4.70. The van der Waals surface area contributed by atoms with E-state index < -0.39 is 0 Å². The molecule has 1 fully saturated rings. The van der Waals surface area contributed by atoms with Gasteiger partial charge in [0.05, 0.1) is 6.10 Å². The molecule has 0 aromatic rings. The van der Waals surface area contributed by atoms with Crippen molar-refractivity contribution < 1.29 is 5.11 Å². The first-order valence-electron chi connectivity index (χ1n) is 5.98. The highest BCUT2D eigenvalue weighted by molar-refractivity contribution is 7.99. The SMILES string of the molecule is CCC(C)CC(O)CC1CCSCC1. The Bertz CT molecular complexity index is 143. The summed E-state index contributed by atoms with van der Waals surface area (Å²) in [4.78, 5) is 0. The van der Waals surface area contributed by atoms with Crippen LogP contribution >= 0.6 is 11.8 Å². The van der Waals surface area contributed by atoms with Crippen LogP contribution in [-0.2, 0) is 0 Å². The molecule has 1 saturated heterocycles. The minimum absolute atomic E-state index is 0.0435. The van der Waals surface area contributed by atoms with Gasteiger partial charge in [0.1, 0.15) is 0 Å². The van der Waals surface area contributed by atoms with E-state index in [-0.39, 0.29) is 6.10 Å². The van der Waals surface area contributed by atoms with Crippen LogP contribution in [0.25, 0.3) is 0 Å². The van der Waals surface area contributed by atoms with E-state index in [0.717, 1.165) is 18.8 Å². The van der Waals surface area contributed by atoms with Gasteiger partial charge >= 0.3 is 0 Å². The predicted molar refractivity (Wildman–Crippen MR) is 64.7 cm³/mol. The molecule has 1 aliphatic rings. The Morgan fingerprint density at radius 1 is 1.36 bits per heavy atom. The van der Waals surface area contributed by atoms with Crippen LogP contribution in [0, 0.1) is 11.8 Å². The molecule has 0 spiro atoms. The molecular weight excluding hydrogens is 192 g/mol. The lowest BCUT2D eigenvalue weighted by atomic mass is 9.91.